The molecular weight excluding hydrogens is 408 g/mol. The standard InChI is InChI=1S/C24H26N4O4/c1-5-6-11-31-21-10-9-16(30-4)13-18(21)26-24(29)17-14-19(20-8-7-12-32-20)25-23-22(17)15(2)27-28(23)3/h7-10,12-14H,5-6,11H2,1-4H3,(H,26,29). The maximum atomic E-state index is 13.5. The summed E-state index contributed by atoms with van der Waals surface area (Å²) in [5.74, 6) is 1.49. The number of anilines is 1. The van der Waals surface area contributed by atoms with E-state index in [0.29, 0.717) is 51.8 Å². The highest BCUT2D eigenvalue weighted by Crippen LogP contribution is 2.32. The molecule has 0 aliphatic carbocycles. The highest BCUT2D eigenvalue weighted by Gasteiger charge is 2.21. The van der Waals surface area contributed by atoms with Gasteiger partial charge in [0.25, 0.3) is 5.91 Å². The first kappa shape index (κ1) is 21.4. The molecule has 3 aromatic heterocycles. The number of hydrogen-bond donors (Lipinski definition) is 1. The van der Waals surface area contributed by atoms with Gasteiger partial charge < -0.3 is 19.2 Å². The number of amides is 1. The van der Waals surface area contributed by atoms with Gasteiger partial charge in [-0.15, -0.1) is 0 Å². The lowest BCUT2D eigenvalue weighted by Crippen LogP contribution is -2.14. The third-order valence-electron chi connectivity index (χ3n) is 5.18. The molecule has 0 spiro atoms. The summed E-state index contributed by atoms with van der Waals surface area (Å²) < 4.78 is 18.4. The van der Waals surface area contributed by atoms with Crippen molar-refractivity contribution in [1.29, 1.82) is 0 Å². The fourth-order valence-corrected chi connectivity index (χ4v) is 3.55. The van der Waals surface area contributed by atoms with Crippen molar-refractivity contribution in [3.8, 4) is 23.0 Å². The summed E-state index contributed by atoms with van der Waals surface area (Å²) in [6.45, 7) is 4.52. The average molecular weight is 434 g/mol. The summed E-state index contributed by atoms with van der Waals surface area (Å²) in [7, 11) is 3.39. The molecule has 0 atom stereocenters. The van der Waals surface area contributed by atoms with Crippen LogP contribution in [0.15, 0.2) is 47.1 Å². The highest BCUT2D eigenvalue weighted by atomic mass is 16.5. The van der Waals surface area contributed by atoms with Crippen LogP contribution in [0.3, 0.4) is 0 Å². The normalized spacial score (nSPS) is 11.0. The number of rotatable bonds is 8. The molecule has 4 aromatic rings. The van der Waals surface area contributed by atoms with Gasteiger partial charge in [0.15, 0.2) is 11.4 Å². The number of benzene rings is 1. The second-order valence-corrected chi connectivity index (χ2v) is 7.46. The largest absolute Gasteiger partial charge is 0.497 e. The van der Waals surface area contributed by atoms with Gasteiger partial charge in [0.1, 0.15) is 17.2 Å². The number of carbonyl (C=O) groups is 1. The molecule has 3 heterocycles. The number of aromatic nitrogens is 3. The molecule has 1 amide bonds. The number of hydrogen-bond acceptors (Lipinski definition) is 6. The summed E-state index contributed by atoms with van der Waals surface area (Å²) in [5.41, 5.74) is 2.87. The van der Waals surface area contributed by atoms with E-state index in [1.807, 2.05) is 13.0 Å². The first-order valence-electron chi connectivity index (χ1n) is 10.5. The van der Waals surface area contributed by atoms with Crippen LogP contribution in [0, 0.1) is 6.92 Å². The van der Waals surface area contributed by atoms with Gasteiger partial charge in [0.2, 0.25) is 0 Å². The zero-order chi connectivity index (χ0) is 22.7. The Labute approximate surface area is 186 Å². The molecule has 1 aromatic carbocycles. The van der Waals surface area contributed by atoms with Crippen LogP contribution in [0.2, 0.25) is 0 Å². The molecule has 0 fully saturated rings. The molecular formula is C24H26N4O4. The number of furan rings is 1. The Hall–Kier alpha value is -3.81. The van der Waals surface area contributed by atoms with Gasteiger partial charge in [0.05, 0.1) is 42.3 Å². The van der Waals surface area contributed by atoms with E-state index in [1.165, 1.54) is 0 Å². The van der Waals surface area contributed by atoms with E-state index in [1.54, 1.807) is 55.4 Å². The molecule has 4 rings (SSSR count). The fourth-order valence-electron chi connectivity index (χ4n) is 3.55. The summed E-state index contributed by atoms with van der Waals surface area (Å²) in [6, 6.07) is 10.7. The van der Waals surface area contributed by atoms with Crippen molar-refractivity contribution < 1.29 is 18.7 Å². The van der Waals surface area contributed by atoms with Crippen molar-refractivity contribution in [2.24, 2.45) is 7.05 Å². The van der Waals surface area contributed by atoms with Gasteiger partial charge in [0, 0.05) is 13.1 Å². The smallest absolute Gasteiger partial charge is 0.256 e. The second kappa shape index (κ2) is 9.13. The van der Waals surface area contributed by atoms with Crippen molar-refractivity contribution >= 4 is 22.6 Å². The quantitative estimate of drug-likeness (QED) is 0.394. The Morgan fingerprint density at radius 1 is 1.25 bits per heavy atom. The molecule has 1 N–H and O–H groups in total. The number of carbonyl (C=O) groups excluding carboxylic acids is 1. The lowest BCUT2D eigenvalue weighted by molar-refractivity contribution is 0.102. The van der Waals surface area contributed by atoms with E-state index in [4.69, 9.17) is 13.9 Å². The maximum absolute atomic E-state index is 13.5. The van der Waals surface area contributed by atoms with Crippen molar-refractivity contribution in [3.05, 3.63) is 53.9 Å². The predicted octanol–water partition coefficient (Wildman–Crippen LogP) is 4.98. The Morgan fingerprint density at radius 3 is 2.81 bits per heavy atom. The van der Waals surface area contributed by atoms with Crippen molar-refractivity contribution in [3.63, 3.8) is 0 Å². The van der Waals surface area contributed by atoms with E-state index in [2.05, 4.69) is 22.3 Å². The minimum atomic E-state index is -0.296. The van der Waals surface area contributed by atoms with Crippen LogP contribution in [0.1, 0.15) is 35.8 Å². The van der Waals surface area contributed by atoms with Crippen LogP contribution < -0.4 is 14.8 Å². The van der Waals surface area contributed by atoms with Gasteiger partial charge in [-0.05, 0) is 43.7 Å². The Morgan fingerprint density at radius 2 is 2.09 bits per heavy atom. The van der Waals surface area contributed by atoms with Crippen LogP contribution in [0.25, 0.3) is 22.5 Å². The molecule has 0 saturated carbocycles. The van der Waals surface area contributed by atoms with E-state index < -0.39 is 0 Å². The number of aryl methyl sites for hydroxylation is 2. The number of fused-ring (bicyclic) bond motifs is 1. The van der Waals surface area contributed by atoms with Gasteiger partial charge >= 0.3 is 0 Å². The Balaban J connectivity index is 1.76. The molecule has 0 aliphatic rings. The fraction of sp³-hybridized carbons (Fsp3) is 0.292. The summed E-state index contributed by atoms with van der Waals surface area (Å²) in [6.07, 6.45) is 3.51. The zero-order valence-corrected chi connectivity index (χ0v) is 18.6. The summed E-state index contributed by atoms with van der Waals surface area (Å²) in [5, 5.41) is 8.14. The molecule has 166 valence electrons. The number of pyridine rings is 1. The predicted molar refractivity (Wildman–Crippen MR) is 122 cm³/mol. The first-order chi connectivity index (χ1) is 15.5. The van der Waals surface area contributed by atoms with Crippen LogP contribution in [-0.2, 0) is 7.05 Å². The number of nitrogens with zero attached hydrogens (tertiary/aromatic N) is 3. The van der Waals surface area contributed by atoms with Gasteiger partial charge in [-0.3, -0.25) is 9.48 Å². The van der Waals surface area contributed by atoms with Crippen molar-refractivity contribution in [2.45, 2.75) is 26.7 Å². The lowest BCUT2D eigenvalue weighted by Gasteiger charge is -2.14. The monoisotopic (exact) mass is 434 g/mol. The Kier molecular flexibility index (Phi) is 6.11. The molecule has 8 heteroatoms. The van der Waals surface area contributed by atoms with E-state index in [0.717, 1.165) is 18.5 Å². The maximum Gasteiger partial charge on any atom is 0.256 e. The van der Waals surface area contributed by atoms with Gasteiger partial charge in [-0.2, -0.15) is 5.10 Å². The molecule has 0 unspecified atom stereocenters. The summed E-state index contributed by atoms with van der Waals surface area (Å²) >= 11 is 0. The number of methoxy groups -OCH3 is 1. The van der Waals surface area contributed by atoms with Crippen LogP contribution in [0.5, 0.6) is 11.5 Å². The Bertz CT molecular complexity index is 1240. The first-order valence-corrected chi connectivity index (χ1v) is 10.5. The topological polar surface area (TPSA) is 91.4 Å². The van der Waals surface area contributed by atoms with Crippen LogP contribution in [-0.4, -0.2) is 34.4 Å². The molecule has 32 heavy (non-hydrogen) atoms. The minimum Gasteiger partial charge on any atom is -0.497 e. The second-order valence-electron chi connectivity index (χ2n) is 7.46. The van der Waals surface area contributed by atoms with E-state index >= 15 is 0 Å². The molecule has 0 radical (unpaired) electrons. The van der Waals surface area contributed by atoms with E-state index in [9.17, 15) is 4.79 Å². The highest BCUT2D eigenvalue weighted by molar-refractivity contribution is 6.13. The summed E-state index contributed by atoms with van der Waals surface area (Å²) in [4.78, 5) is 18.2. The van der Waals surface area contributed by atoms with Crippen molar-refractivity contribution in [2.75, 3.05) is 19.0 Å². The number of nitrogens with one attached hydrogen (secondary N) is 1. The molecule has 0 bridgehead atoms. The average Bonchev–Trinajstić information content (AvgIpc) is 3.43. The van der Waals surface area contributed by atoms with Gasteiger partial charge in [-0.1, -0.05) is 13.3 Å². The van der Waals surface area contributed by atoms with Gasteiger partial charge in [-0.25, -0.2) is 4.98 Å². The zero-order valence-electron chi connectivity index (χ0n) is 18.6. The third kappa shape index (κ3) is 4.16. The number of unbranched alkanes of at least 4 members (excludes halogenated alkanes) is 1. The minimum absolute atomic E-state index is 0.296. The number of ether oxygens (including phenoxy) is 2. The van der Waals surface area contributed by atoms with Crippen LogP contribution >= 0.6 is 0 Å². The van der Waals surface area contributed by atoms with Crippen molar-refractivity contribution in [1.82, 2.24) is 14.8 Å². The van der Waals surface area contributed by atoms with Crippen LogP contribution in [0.4, 0.5) is 5.69 Å². The molecule has 0 aliphatic heterocycles. The molecule has 8 nitrogen and oxygen atoms in total. The third-order valence-corrected chi connectivity index (χ3v) is 5.18. The van der Waals surface area contributed by atoms with E-state index in [-0.39, 0.29) is 5.91 Å². The lowest BCUT2D eigenvalue weighted by atomic mass is 10.1. The molecule has 0 saturated heterocycles. The SMILES string of the molecule is CCCCOc1ccc(OC)cc1NC(=O)c1cc(-c2ccco2)nc2c1c(C)nn2C.